The maximum atomic E-state index is 12.0. The van der Waals surface area contributed by atoms with Crippen molar-refractivity contribution in [2.75, 3.05) is 13.1 Å². The van der Waals surface area contributed by atoms with Crippen LogP contribution in [0.1, 0.15) is 29.2 Å². The SMILES string of the molecule is O=CNCCNC(=O)c1cnc2c(c1)c(=O)[nH]c(=O)n2C1CC1. The lowest BCUT2D eigenvalue weighted by atomic mass is 10.2. The summed E-state index contributed by atoms with van der Waals surface area (Å²) in [5, 5.41) is 5.22. The highest BCUT2D eigenvalue weighted by Crippen LogP contribution is 2.34. The van der Waals surface area contributed by atoms with Gasteiger partial charge in [0.15, 0.2) is 0 Å². The molecule has 0 saturated heterocycles. The molecule has 0 bridgehead atoms. The molecule has 2 aromatic rings. The van der Waals surface area contributed by atoms with Crippen LogP contribution in [0.4, 0.5) is 0 Å². The van der Waals surface area contributed by atoms with Gasteiger partial charge in [-0.2, -0.15) is 0 Å². The Bertz CT molecular complexity index is 881. The van der Waals surface area contributed by atoms with Gasteiger partial charge in [-0.25, -0.2) is 9.78 Å². The summed E-state index contributed by atoms with van der Waals surface area (Å²) in [5.41, 5.74) is -0.531. The Morgan fingerprint density at radius 3 is 2.87 bits per heavy atom. The molecule has 23 heavy (non-hydrogen) atoms. The number of H-pyrrole nitrogens is 1. The number of aromatic nitrogens is 3. The number of pyridine rings is 1. The van der Waals surface area contributed by atoms with Crippen molar-refractivity contribution in [1.29, 1.82) is 0 Å². The zero-order valence-corrected chi connectivity index (χ0v) is 12.2. The Morgan fingerprint density at radius 1 is 1.39 bits per heavy atom. The van der Waals surface area contributed by atoms with Crippen LogP contribution in [0.5, 0.6) is 0 Å². The zero-order chi connectivity index (χ0) is 16.4. The highest BCUT2D eigenvalue weighted by molar-refractivity contribution is 5.96. The van der Waals surface area contributed by atoms with Crippen molar-refractivity contribution in [2.45, 2.75) is 18.9 Å². The molecule has 1 aliphatic carbocycles. The third kappa shape index (κ3) is 2.98. The summed E-state index contributed by atoms with van der Waals surface area (Å²) < 4.78 is 1.46. The fourth-order valence-corrected chi connectivity index (χ4v) is 2.34. The molecule has 0 radical (unpaired) electrons. The van der Waals surface area contributed by atoms with Crippen LogP contribution in [0.2, 0.25) is 0 Å². The molecule has 1 fully saturated rings. The molecular weight excluding hydrogens is 302 g/mol. The molecule has 9 heteroatoms. The maximum Gasteiger partial charge on any atom is 0.330 e. The minimum Gasteiger partial charge on any atom is -0.357 e. The van der Waals surface area contributed by atoms with Gasteiger partial charge in [-0.15, -0.1) is 0 Å². The number of fused-ring (bicyclic) bond motifs is 1. The highest BCUT2D eigenvalue weighted by Gasteiger charge is 2.27. The first-order chi connectivity index (χ1) is 11.1. The minimum atomic E-state index is -0.563. The molecule has 3 N–H and O–H groups in total. The van der Waals surface area contributed by atoms with Crippen LogP contribution in [0.15, 0.2) is 21.9 Å². The number of aromatic amines is 1. The first-order valence-electron chi connectivity index (χ1n) is 7.21. The van der Waals surface area contributed by atoms with Crippen LogP contribution in [0.3, 0.4) is 0 Å². The smallest absolute Gasteiger partial charge is 0.330 e. The number of carbonyl (C=O) groups is 2. The molecule has 3 rings (SSSR count). The van der Waals surface area contributed by atoms with Crippen LogP contribution in [-0.2, 0) is 4.79 Å². The summed E-state index contributed by atoms with van der Waals surface area (Å²) in [7, 11) is 0. The van der Waals surface area contributed by atoms with E-state index in [-0.39, 0.29) is 23.5 Å². The summed E-state index contributed by atoms with van der Waals surface area (Å²) in [5.74, 6) is -0.407. The van der Waals surface area contributed by atoms with Crippen LogP contribution in [-0.4, -0.2) is 39.9 Å². The van der Waals surface area contributed by atoms with E-state index in [1.165, 1.54) is 16.8 Å². The Morgan fingerprint density at radius 2 is 2.17 bits per heavy atom. The molecule has 0 spiro atoms. The Hall–Kier alpha value is -2.97. The molecule has 2 amide bonds. The van der Waals surface area contributed by atoms with Gasteiger partial charge in [-0.05, 0) is 18.9 Å². The molecule has 1 saturated carbocycles. The number of nitrogens with one attached hydrogen (secondary N) is 3. The Labute approximate surface area is 129 Å². The lowest BCUT2D eigenvalue weighted by Crippen LogP contribution is -2.32. The number of carbonyl (C=O) groups excluding carboxylic acids is 2. The maximum absolute atomic E-state index is 12.0. The van der Waals surface area contributed by atoms with Gasteiger partial charge in [0.05, 0.1) is 10.9 Å². The molecule has 2 aromatic heterocycles. The second-order valence-corrected chi connectivity index (χ2v) is 5.28. The van der Waals surface area contributed by atoms with E-state index in [2.05, 4.69) is 20.6 Å². The second kappa shape index (κ2) is 6.03. The lowest BCUT2D eigenvalue weighted by molar-refractivity contribution is -0.109. The molecule has 120 valence electrons. The number of nitrogens with zero attached hydrogens (tertiary/aromatic N) is 2. The molecule has 2 heterocycles. The van der Waals surface area contributed by atoms with E-state index in [4.69, 9.17) is 0 Å². The van der Waals surface area contributed by atoms with Crippen molar-refractivity contribution in [3.05, 3.63) is 38.7 Å². The Balaban J connectivity index is 1.93. The van der Waals surface area contributed by atoms with E-state index in [1.54, 1.807) is 0 Å². The van der Waals surface area contributed by atoms with Crippen LogP contribution < -0.4 is 21.9 Å². The number of rotatable bonds is 6. The molecule has 0 aromatic carbocycles. The van der Waals surface area contributed by atoms with E-state index < -0.39 is 17.2 Å². The monoisotopic (exact) mass is 317 g/mol. The van der Waals surface area contributed by atoms with Gasteiger partial charge in [-0.1, -0.05) is 0 Å². The van der Waals surface area contributed by atoms with Crippen LogP contribution in [0, 0.1) is 0 Å². The largest absolute Gasteiger partial charge is 0.357 e. The second-order valence-electron chi connectivity index (χ2n) is 5.28. The van der Waals surface area contributed by atoms with E-state index in [1.807, 2.05) is 0 Å². The topological polar surface area (TPSA) is 126 Å². The van der Waals surface area contributed by atoms with Crippen molar-refractivity contribution < 1.29 is 9.59 Å². The minimum absolute atomic E-state index is 0.0587. The quantitative estimate of drug-likeness (QED) is 0.460. The van der Waals surface area contributed by atoms with Gasteiger partial charge in [-0.3, -0.25) is 23.9 Å². The third-order valence-corrected chi connectivity index (χ3v) is 3.59. The molecular formula is C14H15N5O4. The van der Waals surface area contributed by atoms with Gasteiger partial charge in [0.2, 0.25) is 6.41 Å². The molecule has 0 atom stereocenters. The average Bonchev–Trinajstić information content (AvgIpc) is 3.36. The van der Waals surface area contributed by atoms with Crippen LogP contribution >= 0.6 is 0 Å². The van der Waals surface area contributed by atoms with Gasteiger partial charge in [0.25, 0.3) is 11.5 Å². The standard InChI is InChI=1S/C14H15N5O4/c20-7-15-3-4-16-12(21)8-5-10-11(17-6-8)19(9-1-2-9)14(23)18-13(10)22/h5-7,9H,1-4H2,(H,15,20)(H,16,21)(H,18,22,23). The van der Waals surface area contributed by atoms with Crippen molar-refractivity contribution >= 4 is 23.4 Å². The van der Waals surface area contributed by atoms with E-state index in [0.29, 0.717) is 18.6 Å². The molecule has 1 aliphatic rings. The van der Waals surface area contributed by atoms with Crippen molar-refractivity contribution in [1.82, 2.24) is 25.2 Å². The van der Waals surface area contributed by atoms with Gasteiger partial charge in [0.1, 0.15) is 5.65 Å². The molecule has 9 nitrogen and oxygen atoms in total. The predicted molar refractivity (Wildman–Crippen MR) is 81.3 cm³/mol. The summed E-state index contributed by atoms with van der Waals surface area (Å²) in [6.07, 6.45) is 3.62. The molecule has 0 unspecified atom stereocenters. The highest BCUT2D eigenvalue weighted by atomic mass is 16.2. The summed E-state index contributed by atoms with van der Waals surface area (Å²) in [6.45, 7) is 0.561. The van der Waals surface area contributed by atoms with Gasteiger partial charge in [0, 0.05) is 25.3 Å². The van der Waals surface area contributed by atoms with Gasteiger partial charge < -0.3 is 10.6 Å². The normalized spacial score (nSPS) is 13.7. The summed E-state index contributed by atoms with van der Waals surface area (Å²) >= 11 is 0. The predicted octanol–water partition coefficient (Wildman–Crippen LogP) is -1.10. The summed E-state index contributed by atoms with van der Waals surface area (Å²) in [4.78, 5) is 52.4. The van der Waals surface area contributed by atoms with E-state index in [9.17, 15) is 19.2 Å². The average molecular weight is 317 g/mol. The van der Waals surface area contributed by atoms with Crippen LogP contribution in [0.25, 0.3) is 11.0 Å². The summed E-state index contributed by atoms with van der Waals surface area (Å²) in [6, 6.07) is 1.48. The first kappa shape index (κ1) is 14.9. The van der Waals surface area contributed by atoms with E-state index in [0.717, 1.165) is 12.8 Å². The molecule has 0 aliphatic heterocycles. The third-order valence-electron chi connectivity index (χ3n) is 3.59. The number of amides is 2. The lowest BCUT2D eigenvalue weighted by Gasteiger charge is -2.09. The fourth-order valence-electron chi connectivity index (χ4n) is 2.34. The van der Waals surface area contributed by atoms with Crippen molar-refractivity contribution in [3.8, 4) is 0 Å². The van der Waals surface area contributed by atoms with Crippen molar-refractivity contribution in [2.24, 2.45) is 0 Å². The fraction of sp³-hybridized carbons (Fsp3) is 0.357. The zero-order valence-electron chi connectivity index (χ0n) is 12.2. The van der Waals surface area contributed by atoms with Crippen molar-refractivity contribution in [3.63, 3.8) is 0 Å². The first-order valence-corrected chi connectivity index (χ1v) is 7.21. The Kier molecular flexibility index (Phi) is 3.92. The number of hydrogen-bond acceptors (Lipinski definition) is 5. The van der Waals surface area contributed by atoms with E-state index >= 15 is 0 Å². The van der Waals surface area contributed by atoms with Gasteiger partial charge >= 0.3 is 5.69 Å². The number of hydrogen-bond donors (Lipinski definition) is 3.